The Labute approximate surface area is 177 Å². The van der Waals surface area contributed by atoms with Gasteiger partial charge in [0.1, 0.15) is 11.9 Å². The number of nitrogens with two attached hydrogens (primary N) is 1. The van der Waals surface area contributed by atoms with Gasteiger partial charge in [-0.2, -0.15) is 5.26 Å². The molecule has 0 aliphatic rings. The van der Waals surface area contributed by atoms with Crippen LogP contribution < -0.4 is 16.4 Å². The normalized spacial score (nSPS) is 10.6. The molecule has 1 heterocycles. The largest absolute Gasteiger partial charge is 0.399 e. The Kier molecular flexibility index (Phi) is 5.38. The minimum absolute atomic E-state index is 0.00126. The highest BCUT2D eigenvalue weighted by Gasteiger charge is 2.11. The van der Waals surface area contributed by atoms with Gasteiger partial charge >= 0.3 is 0 Å². The average Bonchev–Trinajstić information content (AvgIpc) is 2.75. The predicted molar refractivity (Wildman–Crippen MR) is 119 cm³/mol. The Morgan fingerprint density at radius 2 is 1.90 bits per heavy atom. The SMILES string of the molecule is N#Cc1cnc2ccc(NCc3cccc(N)c3)cc2c1Nc1ccc(F)c(Cl)c1. The zero-order valence-electron chi connectivity index (χ0n) is 15.8. The molecule has 7 heteroatoms. The molecule has 0 aliphatic carbocycles. The second-order valence-electron chi connectivity index (χ2n) is 6.74. The Bertz CT molecular complexity index is 1280. The lowest BCUT2D eigenvalue weighted by molar-refractivity contribution is 0.628. The van der Waals surface area contributed by atoms with Crippen LogP contribution >= 0.6 is 11.6 Å². The first kappa shape index (κ1) is 19.5. The lowest BCUT2D eigenvalue weighted by Crippen LogP contribution is -2.01. The summed E-state index contributed by atoms with van der Waals surface area (Å²) in [5, 5.41) is 16.9. The van der Waals surface area contributed by atoms with Crippen molar-refractivity contribution in [3.63, 3.8) is 0 Å². The summed E-state index contributed by atoms with van der Waals surface area (Å²) in [5.41, 5.74) is 10.7. The number of fused-ring (bicyclic) bond motifs is 1. The smallest absolute Gasteiger partial charge is 0.141 e. The monoisotopic (exact) mass is 417 g/mol. The van der Waals surface area contributed by atoms with Gasteiger partial charge in [-0.25, -0.2) is 4.39 Å². The third-order valence-corrected chi connectivity index (χ3v) is 4.91. The molecule has 4 rings (SSSR count). The summed E-state index contributed by atoms with van der Waals surface area (Å²) in [4.78, 5) is 4.36. The highest BCUT2D eigenvalue weighted by atomic mass is 35.5. The van der Waals surface area contributed by atoms with Gasteiger partial charge in [0, 0.05) is 35.2 Å². The van der Waals surface area contributed by atoms with Crippen molar-refractivity contribution in [3.05, 3.63) is 88.8 Å². The maximum atomic E-state index is 13.5. The Balaban J connectivity index is 1.69. The number of nitrogens with one attached hydrogen (secondary N) is 2. The summed E-state index contributed by atoms with van der Waals surface area (Å²) in [6.07, 6.45) is 1.51. The van der Waals surface area contributed by atoms with E-state index >= 15 is 0 Å². The number of benzene rings is 3. The number of nitrogen functional groups attached to an aromatic ring is 1. The van der Waals surface area contributed by atoms with Crippen molar-refractivity contribution < 1.29 is 4.39 Å². The van der Waals surface area contributed by atoms with Crippen LogP contribution in [0.3, 0.4) is 0 Å². The third kappa shape index (κ3) is 4.12. The van der Waals surface area contributed by atoms with Crippen molar-refractivity contribution in [2.45, 2.75) is 6.54 Å². The molecule has 0 aliphatic heterocycles. The van der Waals surface area contributed by atoms with Crippen molar-refractivity contribution >= 4 is 45.3 Å². The van der Waals surface area contributed by atoms with E-state index < -0.39 is 5.82 Å². The highest BCUT2D eigenvalue weighted by molar-refractivity contribution is 6.31. The number of aromatic nitrogens is 1. The Morgan fingerprint density at radius 3 is 2.67 bits per heavy atom. The number of anilines is 4. The van der Waals surface area contributed by atoms with Crippen LogP contribution in [0.15, 0.2) is 66.9 Å². The van der Waals surface area contributed by atoms with Crippen LogP contribution in [-0.4, -0.2) is 4.98 Å². The second-order valence-corrected chi connectivity index (χ2v) is 7.15. The first-order valence-corrected chi connectivity index (χ1v) is 9.54. The fraction of sp³-hybridized carbons (Fsp3) is 0.0435. The standard InChI is InChI=1S/C23H17ClFN5/c24-20-10-18(4-6-21(20)25)30-23-15(11-26)13-29-22-7-5-17(9-19(22)23)28-12-14-2-1-3-16(27)8-14/h1-10,13,28H,12,27H2,(H,29,30). The van der Waals surface area contributed by atoms with Crippen molar-refractivity contribution in [2.75, 3.05) is 16.4 Å². The molecule has 0 bridgehead atoms. The molecule has 148 valence electrons. The number of nitrogens with zero attached hydrogens (tertiary/aromatic N) is 2. The van der Waals surface area contributed by atoms with E-state index in [4.69, 9.17) is 17.3 Å². The molecule has 0 saturated heterocycles. The molecular weight excluding hydrogens is 401 g/mol. The number of nitriles is 1. The minimum Gasteiger partial charge on any atom is -0.399 e. The third-order valence-electron chi connectivity index (χ3n) is 4.63. The van der Waals surface area contributed by atoms with Crippen LogP contribution in [0.1, 0.15) is 11.1 Å². The summed E-state index contributed by atoms with van der Waals surface area (Å²) < 4.78 is 13.5. The summed E-state index contributed by atoms with van der Waals surface area (Å²) in [7, 11) is 0. The van der Waals surface area contributed by atoms with Gasteiger partial charge in [0.25, 0.3) is 0 Å². The second kappa shape index (κ2) is 8.27. The number of pyridine rings is 1. The molecule has 4 aromatic rings. The van der Waals surface area contributed by atoms with Crippen molar-refractivity contribution in [1.29, 1.82) is 5.26 Å². The molecule has 0 saturated carbocycles. The van der Waals surface area contributed by atoms with Crippen LogP contribution in [0.4, 0.5) is 27.1 Å². The lowest BCUT2D eigenvalue weighted by atomic mass is 10.1. The molecule has 5 nitrogen and oxygen atoms in total. The number of halogens is 2. The van der Waals surface area contributed by atoms with Crippen LogP contribution in [0, 0.1) is 17.1 Å². The van der Waals surface area contributed by atoms with Crippen LogP contribution in [0.5, 0.6) is 0 Å². The van der Waals surface area contributed by atoms with E-state index in [1.165, 1.54) is 18.3 Å². The number of rotatable bonds is 5. The summed E-state index contributed by atoms with van der Waals surface area (Å²) >= 11 is 5.90. The zero-order chi connectivity index (χ0) is 21.1. The van der Waals surface area contributed by atoms with Crippen LogP contribution in [0.25, 0.3) is 10.9 Å². The summed E-state index contributed by atoms with van der Waals surface area (Å²) in [5.74, 6) is -0.504. The van der Waals surface area contributed by atoms with E-state index in [2.05, 4.69) is 21.7 Å². The Hall–Kier alpha value is -3.82. The molecular formula is C23H17ClFN5. The van der Waals surface area contributed by atoms with Gasteiger partial charge in [0.05, 0.1) is 21.8 Å². The van der Waals surface area contributed by atoms with Crippen molar-refractivity contribution in [3.8, 4) is 6.07 Å². The topological polar surface area (TPSA) is 86.8 Å². The number of hydrogen-bond donors (Lipinski definition) is 3. The molecule has 0 atom stereocenters. The minimum atomic E-state index is -0.504. The molecule has 4 N–H and O–H groups in total. The van der Waals surface area contributed by atoms with Gasteiger partial charge in [-0.05, 0) is 54.1 Å². The molecule has 0 spiro atoms. The maximum Gasteiger partial charge on any atom is 0.141 e. The predicted octanol–water partition coefficient (Wildman–Crippen LogP) is 5.84. The van der Waals surface area contributed by atoms with Gasteiger partial charge < -0.3 is 16.4 Å². The van der Waals surface area contributed by atoms with Crippen LogP contribution in [-0.2, 0) is 6.54 Å². The quantitative estimate of drug-likeness (QED) is 0.355. The van der Waals surface area contributed by atoms with E-state index in [9.17, 15) is 9.65 Å². The van der Waals surface area contributed by atoms with E-state index in [0.717, 1.165) is 22.2 Å². The fourth-order valence-electron chi connectivity index (χ4n) is 3.15. The van der Waals surface area contributed by atoms with Gasteiger partial charge in [0.2, 0.25) is 0 Å². The average molecular weight is 418 g/mol. The zero-order valence-corrected chi connectivity index (χ0v) is 16.5. The van der Waals surface area contributed by atoms with Crippen molar-refractivity contribution in [1.82, 2.24) is 4.98 Å². The van der Waals surface area contributed by atoms with E-state index in [0.29, 0.717) is 29.2 Å². The summed E-state index contributed by atoms with van der Waals surface area (Å²) in [6, 6.07) is 19.8. The number of hydrogen-bond acceptors (Lipinski definition) is 5. The van der Waals surface area contributed by atoms with Crippen LogP contribution in [0.2, 0.25) is 5.02 Å². The fourth-order valence-corrected chi connectivity index (χ4v) is 3.33. The molecule has 0 radical (unpaired) electrons. The van der Waals surface area contributed by atoms with Gasteiger partial charge in [-0.3, -0.25) is 4.98 Å². The van der Waals surface area contributed by atoms with Gasteiger partial charge in [-0.15, -0.1) is 0 Å². The lowest BCUT2D eigenvalue weighted by Gasteiger charge is -2.14. The van der Waals surface area contributed by atoms with E-state index in [1.54, 1.807) is 6.07 Å². The Morgan fingerprint density at radius 1 is 1.07 bits per heavy atom. The molecule has 3 aromatic carbocycles. The first-order valence-electron chi connectivity index (χ1n) is 9.17. The van der Waals surface area contributed by atoms with Gasteiger partial charge in [-0.1, -0.05) is 23.7 Å². The highest BCUT2D eigenvalue weighted by Crippen LogP contribution is 2.32. The van der Waals surface area contributed by atoms with Gasteiger partial charge in [0.15, 0.2) is 0 Å². The van der Waals surface area contributed by atoms with Crippen molar-refractivity contribution in [2.24, 2.45) is 0 Å². The summed E-state index contributed by atoms with van der Waals surface area (Å²) in [6.45, 7) is 0.595. The molecule has 0 fully saturated rings. The molecule has 1 aromatic heterocycles. The first-order chi connectivity index (χ1) is 14.5. The maximum absolute atomic E-state index is 13.5. The molecule has 0 unspecified atom stereocenters. The molecule has 30 heavy (non-hydrogen) atoms. The van der Waals surface area contributed by atoms with E-state index in [-0.39, 0.29) is 5.02 Å². The van der Waals surface area contributed by atoms with E-state index in [1.807, 2.05) is 42.5 Å². The molecule has 0 amide bonds.